The SMILES string of the molecule is CC1(c2ccccc2)c2cc3c4ccccc4n(-c4cccc(-c5ccccc5)c4)c3cc2C(C)(c2ccccc2)c2cc3c4ccccc4n(-c4cccc(-c5nc(-c6ccccc6)nc(-c6ccccc6)n5)c4)c3cc21. The lowest BCUT2D eigenvalue weighted by atomic mass is 9.54. The molecule has 0 fully saturated rings. The molecule has 3 heterocycles. The van der Waals surface area contributed by atoms with E-state index in [4.69, 9.17) is 15.0 Å². The van der Waals surface area contributed by atoms with Crippen molar-refractivity contribution in [2.24, 2.45) is 0 Å². The predicted octanol–water partition coefficient (Wildman–Crippen LogP) is 17.8. The van der Waals surface area contributed by atoms with Gasteiger partial charge in [-0.2, -0.15) is 0 Å². The number of aromatic nitrogens is 5. The average molecular weight is 998 g/mol. The monoisotopic (exact) mass is 997 g/mol. The molecule has 11 aromatic carbocycles. The van der Waals surface area contributed by atoms with Crippen LogP contribution in [0.5, 0.6) is 0 Å². The maximum atomic E-state index is 5.17. The van der Waals surface area contributed by atoms with Crippen LogP contribution in [0.3, 0.4) is 0 Å². The predicted molar refractivity (Wildman–Crippen MR) is 321 cm³/mol. The molecule has 14 aromatic rings. The quantitative estimate of drug-likeness (QED) is 0.152. The highest BCUT2D eigenvalue weighted by Crippen LogP contribution is 2.58. The van der Waals surface area contributed by atoms with E-state index in [-0.39, 0.29) is 0 Å². The van der Waals surface area contributed by atoms with Crippen LogP contribution in [-0.4, -0.2) is 24.1 Å². The Bertz CT molecular complexity index is 4560. The lowest BCUT2D eigenvalue weighted by Gasteiger charge is -2.48. The molecule has 0 aliphatic heterocycles. The van der Waals surface area contributed by atoms with Crippen LogP contribution in [0.4, 0.5) is 0 Å². The normalized spacial score (nSPS) is 15.9. The second-order valence-corrected chi connectivity index (χ2v) is 21.0. The standard InChI is InChI=1S/C73H51N5/c1-72(53-32-14-6-15-33-53)62-45-60-58-39-19-21-41-66(58)78(56-37-23-31-52(43-56)71-75-69(49-26-10-4-11-27-49)74-70(76-71)50-28-12-5-13-29-50)68(60)47-64(62)73(2,54-34-16-7-17-35-54)61-44-59-57-38-18-20-40-65(57)77(67(59)46-63(61)72)55-36-22-30-51(42-55)48-24-8-3-9-25-48/h3-47H,1-2H3. The summed E-state index contributed by atoms with van der Waals surface area (Å²) in [6, 6.07) is 99.1. The van der Waals surface area contributed by atoms with Crippen molar-refractivity contribution in [2.45, 2.75) is 24.7 Å². The van der Waals surface area contributed by atoms with Gasteiger partial charge in [-0.3, -0.25) is 0 Å². The third kappa shape index (κ3) is 6.98. The van der Waals surface area contributed by atoms with Gasteiger partial charge in [0.15, 0.2) is 17.5 Å². The van der Waals surface area contributed by atoms with E-state index < -0.39 is 10.8 Å². The van der Waals surface area contributed by atoms with Crippen molar-refractivity contribution < 1.29 is 0 Å². The summed E-state index contributed by atoms with van der Waals surface area (Å²) in [5, 5.41) is 4.84. The van der Waals surface area contributed by atoms with Crippen LogP contribution in [0, 0.1) is 0 Å². The van der Waals surface area contributed by atoms with E-state index in [2.05, 4.69) is 260 Å². The summed E-state index contributed by atoms with van der Waals surface area (Å²) < 4.78 is 4.94. The van der Waals surface area contributed by atoms with Gasteiger partial charge in [-0.25, -0.2) is 15.0 Å². The Morgan fingerprint density at radius 2 is 0.590 bits per heavy atom. The third-order valence-corrected chi connectivity index (χ3v) is 16.8. The number of hydrogen-bond donors (Lipinski definition) is 0. The van der Waals surface area contributed by atoms with Gasteiger partial charge in [-0.05, 0) is 119 Å². The van der Waals surface area contributed by atoms with Gasteiger partial charge in [-0.15, -0.1) is 0 Å². The second kappa shape index (κ2) is 17.8. The van der Waals surface area contributed by atoms with Crippen molar-refractivity contribution in [1.29, 1.82) is 0 Å². The molecule has 1 aliphatic rings. The van der Waals surface area contributed by atoms with E-state index >= 15 is 0 Å². The van der Waals surface area contributed by atoms with Gasteiger partial charge >= 0.3 is 0 Å². The fourth-order valence-corrected chi connectivity index (χ4v) is 12.9. The molecule has 0 bridgehead atoms. The van der Waals surface area contributed by atoms with Crippen molar-refractivity contribution in [2.75, 3.05) is 0 Å². The fourth-order valence-electron chi connectivity index (χ4n) is 12.9. The molecule has 15 rings (SSSR count). The number of fused-ring (bicyclic) bond motifs is 8. The molecule has 0 spiro atoms. The Balaban J connectivity index is 1.00. The lowest BCUT2D eigenvalue weighted by molar-refractivity contribution is 0.570. The van der Waals surface area contributed by atoms with Crippen LogP contribution >= 0.6 is 0 Å². The summed E-state index contributed by atoms with van der Waals surface area (Å²) in [5.41, 5.74) is 18.4. The van der Waals surface area contributed by atoms with Crippen LogP contribution in [0.1, 0.15) is 47.2 Å². The molecule has 5 heteroatoms. The molecular weight excluding hydrogens is 947 g/mol. The Kier molecular flexibility index (Phi) is 10.4. The largest absolute Gasteiger partial charge is 0.309 e. The van der Waals surface area contributed by atoms with E-state index in [1.807, 2.05) is 36.4 Å². The summed E-state index contributed by atoms with van der Waals surface area (Å²) in [5.74, 6) is 1.88. The van der Waals surface area contributed by atoms with E-state index in [0.29, 0.717) is 17.5 Å². The van der Waals surface area contributed by atoms with Crippen LogP contribution in [0.2, 0.25) is 0 Å². The number of benzene rings is 11. The summed E-state index contributed by atoms with van der Waals surface area (Å²) >= 11 is 0. The zero-order valence-corrected chi connectivity index (χ0v) is 43.2. The van der Waals surface area contributed by atoms with Crippen molar-refractivity contribution in [3.05, 3.63) is 306 Å². The Hall–Kier alpha value is -9.97. The van der Waals surface area contributed by atoms with Crippen LogP contribution < -0.4 is 0 Å². The zero-order chi connectivity index (χ0) is 52.0. The first-order valence-electron chi connectivity index (χ1n) is 26.8. The highest BCUT2D eigenvalue weighted by Gasteiger charge is 2.49. The van der Waals surface area contributed by atoms with Crippen molar-refractivity contribution >= 4 is 43.6 Å². The molecule has 0 amide bonds. The molecule has 368 valence electrons. The van der Waals surface area contributed by atoms with E-state index in [0.717, 1.165) is 39.1 Å². The van der Waals surface area contributed by atoms with Gasteiger partial charge in [0, 0.05) is 60.4 Å². The third-order valence-electron chi connectivity index (χ3n) is 16.8. The van der Waals surface area contributed by atoms with Gasteiger partial charge in [0.25, 0.3) is 0 Å². The number of hydrogen-bond acceptors (Lipinski definition) is 3. The Morgan fingerprint density at radius 3 is 1.04 bits per heavy atom. The van der Waals surface area contributed by atoms with E-state index in [1.165, 1.54) is 77.1 Å². The van der Waals surface area contributed by atoms with Crippen LogP contribution in [-0.2, 0) is 10.8 Å². The highest BCUT2D eigenvalue weighted by molar-refractivity contribution is 6.12. The summed E-state index contributed by atoms with van der Waals surface area (Å²) in [4.78, 5) is 15.3. The molecule has 3 aromatic heterocycles. The highest BCUT2D eigenvalue weighted by atomic mass is 15.0. The second-order valence-electron chi connectivity index (χ2n) is 21.0. The van der Waals surface area contributed by atoms with Gasteiger partial charge < -0.3 is 9.13 Å². The van der Waals surface area contributed by atoms with Crippen molar-refractivity contribution in [3.63, 3.8) is 0 Å². The maximum absolute atomic E-state index is 5.17. The molecule has 1 aliphatic carbocycles. The smallest absolute Gasteiger partial charge is 0.164 e. The van der Waals surface area contributed by atoms with Gasteiger partial charge in [0.1, 0.15) is 0 Å². The summed E-state index contributed by atoms with van der Waals surface area (Å²) in [6.45, 7) is 4.93. The first-order chi connectivity index (χ1) is 38.4. The average Bonchev–Trinajstić information content (AvgIpc) is 3.58. The summed E-state index contributed by atoms with van der Waals surface area (Å²) in [7, 11) is 0. The maximum Gasteiger partial charge on any atom is 0.164 e. The first kappa shape index (κ1) is 45.4. The van der Waals surface area contributed by atoms with Crippen LogP contribution in [0.15, 0.2) is 273 Å². The molecule has 0 saturated carbocycles. The minimum absolute atomic E-state index is 0.579. The molecule has 78 heavy (non-hydrogen) atoms. The van der Waals surface area contributed by atoms with E-state index in [9.17, 15) is 0 Å². The molecule has 5 nitrogen and oxygen atoms in total. The van der Waals surface area contributed by atoms with Gasteiger partial charge in [-0.1, -0.05) is 212 Å². The van der Waals surface area contributed by atoms with Crippen molar-refractivity contribution in [3.8, 4) is 56.7 Å². The lowest BCUT2D eigenvalue weighted by Crippen LogP contribution is -2.41. The molecule has 2 unspecified atom stereocenters. The first-order valence-corrected chi connectivity index (χ1v) is 26.8. The van der Waals surface area contributed by atoms with E-state index in [1.54, 1.807) is 0 Å². The minimum atomic E-state index is -0.589. The van der Waals surface area contributed by atoms with Gasteiger partial charge in [0.05, 0.1) is 22.1 Å². The Labute approximate surface area is 453 Å². The number of rotatable bonds is 8. The minimum Gasteiger partial charge on any atom is -0.309 e. The molecule has 2 atom stereocenters. The topological polar surface area (TPSA) is 48.5 Å². The van der Waals surface area contributed by atoms with Crippen LogP contribution in [0.25, 0.3) is 100 Å². The fraction of sp³-hybridized carbons (Fsp3) is 0.0548. The zero-order valence-electron chi connectivity index (χ0n) is 43.2. The summed E-state index contributed by atoms with van der Waals surface area (Å²) in [6.07, 6.45) is 0. The molecular formula is C73H51N5. The molecule has 0 N–H and O–H groups in total. The molecule has 0 saturated heterocycles. The van der Waals surface area contributed by atoms with Gasteiger partial charge in [0.2, 0.25) is 0 Å². The molecule has 0 radical (unpaired) electrons. The van der Waals surface area contributed by atoms with Crippen molar-refractivity contribution in [1.82, 2.24) is 24.1 Å². The Morgan fingerprint density at radius 1 is 0.256 bits per heavy atom. The number of para-hydroxylation sites is 2. The number of nitrogens with zero attached hydrogens (tertiary/aromatic N) is 5.